The van der Waals surface area contributed by atoms with Crippen molar-refractivity contribution in [2.75, 3.05) is 0 Å². The van der Waals surface area contributed by atoms with Crippen LogP contribution in [0.3, 0.4) is 0 Å². The Balaban J connectivity index is 2.02. The highest BCUT2D eigenvalue weighted by Gasteiger charge is 2.15. The molecule has 0 fully saturated rings. The fraction of sp³-hybridized carbons (Fsp3) is 0.308. The smallest absolute Gasteiger partial charge is 0.176 e. The molecule has 7 nitrogen and oxygen atoms in total. The first kappa shape index (κ1) is 12.5. The van der Waals surface area contributed by atoms with Crippen molar-refractivity contribution in [1.82, 2.24) is 34.7 Å². The van der Waals surface area contributed by atoms with E-state index in [4.69, 9.17) is 0 Å². The van der Waals surface area contributed by atoms with Crippen molar-refractivity contribution < 1.29 is 0 Å². The Morgan fingerprint density at radius 2 is 1.95 bits per heavy atom. The lowest BCUT2D eigenvalue weighted by Crippen LogP contribution is -1.99. The van der Waals surface area contributed by atoms with E-state index in [1.165, 1.54) is 0 Å². The van der Waals surface area contributed by atoms with Crippen LogP contribution in [0, 0.1) is 0 Å². The van der Waals surface area contributed by atoms with Gasteiger partial charge in [0.2, 0.25) is 0 Å². The third-order valence-corrected chi connectivity index (χ3v) is 2.94. The molecule has 0 spiro atoms. The molecule has 0 aromatic carbocycles. The van der Waals surface area contributed by atoms with Gasteiger partial charge >= 0.3 is 0 Å². The molecular formula is C13H15N7. The molecule has 0 aliphatic rings. The van der Waals surface area contributed by atoms with E-state index < -0.39 is 0 Å². The van der Waals surface area contributed by atoms with Crippen LogP contribution >= 0.6 is 0 Å². The molecule has 7 heteroatoms. The molecule has 0 N–H and O–H groups in total. The second-order valence-corrected chi connectivity index (χ2v) is 4.84. The van der Waals surface area contributed by atoms with Gasteiger partial charge in [-0.25, -0.2) is 0 Å². The van der Waals surface area contributed by atoms with Crippen LogP contribution in [-0.4, -0.2) is 34.7 Å². The zero-order valence-electron chi connectivity index (χ0n) is 11.6. The molecule has 0 unspecified atom stereocenters. The van der Waals surface area contributed by atoms with Crippen LogP contribution in [0.25, 0.3) is 17.2 Å². The Morgan fingerprint density at radius 3 is 2.65 bits per heavy atom. The Kier molecular flexibility index (Phi) is 3.02. The highest BCUT2D eigenvalue weighted by atomic mass is 15.5. The summed E-state index contributed by atoms with van der Waals surface area (Å²) in [5, 5.41) is 12.6. The fourth-order valence-corrected chi connectivity index (χ4v) is 1.98. The summed E-state index contributed by atoms with van der Waals surface area (Å²) in [4.78, 5) is 8.76. The second-order valence-electron chi connectivity index (χ2n) is 4.84. The maximum absolute atomic E-state index is 4.38. The maximum atomic E-state index is 4.38. The van der Waals surface area contributed by atoms with Crippen LogP contribution in [0.1, 0.15) is 25.5 Å². The molecule has 0 saturated carbocycles. The molecule has 3 aromatic heterocycles. The maximum Gasteiger partial charge on any atom is 0.176 e. The Hall–Kier alpha value is -2.57. The molecule has 0 atom stereocenters. The van der Waals surface area contributed by atoms with Crippen molar-refractivity contribution in [2.24, 2.45) is 7.05 Å². The summed E-state index contributed by atoms with van der Waals surface area (Å²) in [6, 6.07) is 1.87. The van der Waals surface area contributed by atoms with Crippen LogP contribution in [0.2, 0.25) is 0 Å². The number of nitrogens with zero attached hydrogens (tertiary/aromatic N) is 7. The molecule has 0 amide bonds. The summed E-state index contributed by atoms with van der Waals surface area (Å²) in [6.45, 7) is 4.16. The second kappa shape index (κ2) is 4.84. The van der Waals surface area contributed by atoms with Gasteiger partial charge in [-0.2, -0.15) is 9.78 Å². The van der Waals surface area contributed by atoms with Gasteiger partial charge in [0.05, 0.1) is 11.9 Å². The first-order chi connectivity index (χ1) is 9.65. The minimum absolute atomic E-state index is 0.277. The highest BCUT2D eigenvalue weighted by Crippen LogP contribution is 2.23. The number of aromatic nitrogens is 7. The van der Waals surface area contributed by atoms with Gasteiger partial charge < -0.3 is 0 Å². The fourth-order valence-electron chi connectivity index (χ4n) is 1.98. The van der Waals surface area contributed by atoms with Crippen molar-refractivity contribution in [3.63, 3.8) is 0 Å². The van der Waals surface area contributed by atoms with Crippen molar-refractivity contribution >= 4 is 0 Å². The molecule has 0 bridgehead atoms. The standard InChI is InChI=1S/C13H15N7/c1-9(2)12-13(15-6-5-14-12)10-8-20(18-16-10)11-4-7-19(3)17-11/h4-9H,1-3H3. The van der Waals surface area contributed by atoms with Gasteiger partial charge in [0.15, 0.2) is 5.82 Å². The van der Waals surface area contributed by atoms with Gasteiger partial charge in [0, 0.05) is 31.7 Å². The van der Waals surface area contributed by atoms with E-state index in [0.29, 0.717) is 5.69 Å². The van der Waals surface area contributed by atoms with Gasteiger partial charge in [-0.3, -0.25) is 14.6 Å². The van der Waals surface area contributed by atoms with E-state index in [2.05, 4.69) is 39.2 Å². The molecular weight excluding hydrogens is 254 g/mol. The molecule has 20 heavy (non-hydrogen) atoms. The number of rotatable bonds is 3. The van der Waals surface area contributed by atoms with Crippen molar-refractivity contribution in [1.29, 1.82) is 0 Å². The van der Waals surface area contributed by atoms with E-state index in [1.54, 1.807) is 21.8 Å². The van der Waals surface area contributed by atoms with Gasteiger partial charge in [-0.15, -0.1) is 5.10 Å². The van der Waals surface area contributed by atoms with Crippen molar-refractivity contribution in [3.8, 4) is 17.2 Å². The molecule has 3 heterocycles. The number of aryl methyl sites for hydroxylation is 1. The van der Waals surface area contributed by atoms with Crippen LogP contribution in [0.4, 0.5) is 0 Å². The van der Waals surface area contributed by atoms with Crippen molar-refractivity contribution in [2.45, 2.75) is 19.8 Å². The largest absolute Gasteiger partial charge is 0.274 e. The molecule has 0 radical (unpaired) electrons. The highest BCUT2D eigenvalue weighted by molar-refractivity contribution is 5.56. The summed E-state index contributed by atoms with van der Waals surface area (Å²) in [6.07, 6.45) is 7.04. The van der Waals surface area contributed by atoms with E-state index in [9.17, 15) is 0 Å². The third kappa shape index (κ3) is 2.18. The van der Waals surface area contributed by atoms with E-state index >= 15 is 0 Å². The molecule has 0 aliphatic carbocycles. The monoisotopic (exact) mass is 269 g/mol. The summed E-state index contributed by atoms with van der Waals surface area (Å²) in [5.74, 6) is 1.000. The third-order valence-electron chi connectivity index (χ3n) is 2.94. The van der Waals surface area contributed by atoms with Crippen LogP contribution in [0.5, 0.6) is 0 Å². The van der Waals surface area contributed by atoms with Crippen LogP contribution in [0.15, 0.2) is 30.9 Å². The first-order valence-corrected chi connectivity index (χ1v) is 6.39. The normalized spacial score (nSPS) is 11.2. The number of hydrogen-bond acceptors (Lipinski definition) is 5. The summed E-state index contributed by atoms with van der Waals surface area (Å²) in [7, 11) is 1.86. The topological polar surface area (TPSA) is 74.3 Å². The lowest BCUT2D eigenvalue weighted by molar-refractivity contribution is 0.715. The average Bonchev–Trinajstić information content (AvgIpc) is 3.07. The van der Waals surface area contributed by atoms with E-state index in [0.717, 1.165) is 17.2 Å². The average molecular weight is 269 g/mol. The Bertz CT molecular complexity index is 726. The molecule has 0 saturated heterocycles. The predicted molar refractivity (Wildman–Crippen MR) is 73.2 cm³/mol. The van der Waals surface area contributed by atoms with Crippen LogP contribution in [-0.2, 0) is 7.05 Å². The quantitative estimate of drug-likeness (QED) is 0.721. The molecule has 0 aliphatic heterocycles. The van der Waals surface area contributed by atoms with Gasteiger partial charge in [0.25, 0.3) is 0 Å². The zero-order valence-corrected chi connectivity index (χ0v) is 11.6. The van der Waals surface area contributed by atoms with Crippen molar-refractivity contribution in [3.05, 3.63) is 36.5 Å². The summed E-state index contributed by atoms with van der Waals surface area (Å²) >= 11 is 0. The van der Waals surface area contributed by atoms with Gasteiger partial charge in [-0.05, 0) is 5.92 Å². The lowest BCUT2D eigenvalue weighted by atomic mass is 10.1. The molecule has 102 valence electrons. The molecule has 3 aromatic rings. The number of hydrogen-bond donors (Lipinski definition) is 0. The zero-order chi connectivity index (χ0) is 14.1. The van der Waals surface area contributed by atoms with E-state index in [1.807, 2.05) is 25.5 Å². The Labute approximate surface area is 116 Å². The SMILES string of the molecule is CC(C)c1nccnc1-c1cn(-c2ccn(C)n2)nn1. The lowest BCUT2D eigenvalue weighted by Gasteiger charge is -2.07. The first-order valence-electron chi connectivity index (χ1n) is 6.39. The summed E-state index contributed by atoms with van der Waals surface area (Å²) in [5.41, 5.74) is 2.39. The van der Waals surface area contributed by atoms with E-state index in [-0.39, 0.29) is 5.92 Å². The Morgan fingerprint density at radius 1 is 1.15 bits per heavy atom. The summed E-state index contributed by atoms with van der Waals surface area (Å²) < 4.78 is 3.35. The minimum atomic E-state index is 0.277. The predicted octanol–water partition coefficient (Wildman–Crippen LogP) is 1.58. The minimum Gasteiger partial charge on any atom is -0.274 e. The van der Waals surface area contributed by atoms with Crippen LogP contribution < -0.4 is 0 Å². The van der Waals surface area contributed by atoms with Gasteiger partial charge in [0.1, 0.15) is 11.4 Å². The molecule has 3 rings (SSSR count). The van der Waals surface area contributed by atoms with Gasteiger partial charge in [-0.1, -0.05) is 19.1 Å².